The van der Waals surface area contributed by atoms with Crippen LogP contribution in [0.3, 0.4) is 0 Å². The van der Waals surface area contributed by atoms with Crippen LogP contribution in [-0.2, 0) is 0 Å². The molecule has 0 aromatic heterocycles. The molecule has 1 saturated heterocycles. The second-order valence-electron chi connectivity index (χ2n) is 7.87. The molecule has 0 radical (unpaired) electrons. The first-order chi connectivity index (χ1) is 13.5. The van der Waals surface area contributed by atoms with Crippen LogP contribution in [0.5, 0.6) is 5.75 Å². The van der Waals surface area contributed by atoms with Crippen LogP contribution in [0.2, 0.25) is 0 Å². The second kappa shape index (κ2) is 8.78. The van der Waals surface area contributed by atoms with Crippen molar-refractivity contribution in [2.45, 2.75) is 51.6 Å². The smallest absolute Gasteiger partial charge is 0.255 e. The summed E-state index contributed by atoms with van der Waals surface area (Å²) in [5, 5.41) is 3.37. The van der Waals surface area contributed by atoms with E-state index in [9.17, 15) is 4.79 Å². The Kier molecular flexibility index (Phi) is 6.40. The first-order valence-corrected chi connectivity index (χ1v) is 10.3. The number of rotatable bonds is 7. The molecule has 2 atom stereocenters. The van der Waals surface area contributed by atoms with Crippen LogP contribution in [0.25, 0.3) is 0 Å². The molecule has 1 aliphatic heterocycles. The molecule has 2 aromatic carbocycles. The van der Waals surface area contributed by atoms with Crippen molar-refractivity contribution in [3.63, 3.8) is 0 Å². The molecule has 1 aliphatic rings. The number of carbonyl (C=O) groups excluding carboxylic acids is 1. The van der Waals surface area contributed by atoms with Crippen molar-refractivity contribution in [3.8, 4) is 5.75 Å². The van der Waals surface area contributed by atoms with Gasteiger partial charge in [-0.15, -0.1) is 0 Å². The lowest BCUT2D eigenvalue weighted by Gasteiger charge is -2.45. The summed E-state index contributed by atoms with van der Waals surface area (Å²) in [6.07, 6.45) is 3.39. The fourth-order valence-corrected chi connectivity index (χ4v) is 4.39. The Balaban J connectivity index is 2.00. The number of likely N-dealkylation sites (tertiary alicyclic amines) is 1. The van der Waals surface area contributed by atoms with E-state index in [1.54, 1.807) is 7.11 Å². The molecule has 1 fully saturated rings. The number of aryl methyl sites for hydroxylation is 1. The molecule has 28 heavy (non-hydrogen) atoms. The van der Waals surface area contributed by atoms with E-state index in [0.29, 0.717) is 11.3 Å². The molecule has 0 spiro atoms. The summed E-state index contributed by atoms with van der Waals surface area (Å²) in [7, 11) is 1.61. The summed E-state index contributed by atoms with van der Waals surface area (Å²) in [6.45, 7) is 8.61. The van der Waals surface area contributed by atoms with Gasteiger partial charge in [-0.2, -0.15) is 0 Å². The Labute approximate surface area is 168 Å². The first kappa shape index (κ1) is 20.4. The van der Waals surface area contributed by atoms with Gasteiger partial charge in [0.1, 0.15) is 5.75 Å². The third kappa shape index (κ3) is 3.93. The summed E-state index contributed by atoms with van der Waals surface area (Å²) in [4.78, 5) is 15.9. The quantitative estimate of drug-likeness (QED) is 0.754. The summed E-state index contributed by atoms with van der Waals surface area (Å²) in [5.41, 5.74) is 2.53. The van der Waals surface area contributed by atoms with Crippen LogP contribution >= 0.6 is 0 Å². The minimum Gasteiger partial charge on any atom is -0.496 e. The summed E-state index contributed by atoms with van der Waals surface area (Å²) in [5.74, 6) is 0.534. The zero-order valence-electron chi connectivity index (χ0n) is 17.5. The molecule has 1 amide bonds. The van der Waals surface area contributed by atoms with Crippen LogP contribution < -0.4 is 10.1 Å². The number of benzene rings is 2. The second-order valence-corrected chi connectivity index (χ2v) is 7.87. The van der Waals surface area contributed by atoms with Gasteiger partial charge >= 0.3 is 0 Å². The number of hydrogen-bond donors (Lipinski definition) is 1. The average molecular weight is 381 g/mol. The van der Waals surface area contributed by atoms with Crippen molar-refractivity contribution in [1.82, 2.24) is 10.2 Å². The van der Waals surface area contributed by atoms with E-state index in [4.69, 9.17) is 4.74 Å². The Morgan fingerprint density at radius 2 is 1.82 bits per heavy atom. The number of amides is 1. The van der Waals surface area contributed by atoms with E-state index in [1.165, 1.54) is 12.8 Å². The molecule has 2 unspecified atom stereocenters. The van der Waals surface area contributed by atoms with E-state index in [1.807, 2.05) is 43.3 Å². The van der Waals surface area contributed by atoms with Crippen molar-refractivity contribution in [1.29, 1.82) is 0 Å². The third-order valence-electron chi connectivity index (χ3n) is 6.26. The molecule has 3 rings (SSSR count). The van der Waals surface area contributed by atoms with Gasteiger partial charge in [0.15, 0.2) is 0 Å². The molecule has 0 aliphatic carbocycles. The number of nitrogens with zero attached hydrogens (tertiary/aromatic N) is 1. The average Bonchev–Trinajstić information content (AvgIpc) is 3.27. The fraction of sp³-hybridized carbons (Fsp3) is 0.458. The van der Waals surface area contributed by atoms with E-state index in [0.717, 1.165) is 30.6 Å². The first-order valence-electron chi connectivity index (χ1n) is 10.3. The van der Waals surface area contributed by atoms with Crippen LogP contribution in [-0.4, -0.2) is 36.5 Å². The van der Waals surface area contributed by atoms with Crippen LogP contribution in [0.4, 0.5) is 0 Å². The van der Waals surface area contributed by atoms with Gasteiger partial charge in [-0.1, -0.05) is 49.4 Å². The zero-order valence-corrected chi connectivity index (χ0v) is 17.5. The van der Waals surface area contributed by atoms with Gasteiger partial charge < -0.3 is 10.1 Å². The lowest BCUT2D eigenvalue weighted by Crippen LogP contribution is -2.54. The SMILES string of the molecule is CCC(C)(C(NC(=O)c1c(C)cccc1OC)c1ccccc1)N1CCCC1. The van der Waals surface area contributed by atoms with Gasteiger partial charge in [-0.25, -0.2) is 0 Å². The number of methoxy groups -OCH3 is 1. The normalized spacial score (nSPS) is 17.7. The highest BCUT2D eigenvalue weighted by molar-refractivity contribution is 5.98. The highest BCUT2D eigenvalue weighted by atomic mass is 16.5. The van der Waals surface area contributed by atoms with Crippen LogP contribution in [0.15, 0.2) is 48.5 Å². The van der Waals surface area contributed by atoms with Crippen LogP contribution in [0.1, 0.15) is 60.6 Å². The maximum absolute atomic E-state index is 13.4. The maximum atomic E-state index is 13.4. The van der Waals surface area contributed by atoms with Gasteiger partial charge in [-0.3, -0.25) is 9.69 Å². The standard InChI is InChI=1S/C24H32N2O2/c1-5-24(3,26-16-9-10-17-26)22(19-13-7-6-8-14-19)25-23(27)21-18(2)12-11-15-20(21)28-4/h6-8,11-15,22H,5,9-10,16-17H2,1-4H3,(H,25,27). The zero-order chi connectivity index (χ0) is 20.1. The highest BCUT2D eigenvalue weighted by Gasteiger charge is 2.41. The van der Waals surface area contributed by atoms with Crippen molar-refractivity contribution in [2.75, 3.05) is 20.2 Å². The van der Waals surface area contributed by atoms with Crippen LogP contribution in [0, 0.1) is 6.92 Å². The predicted molar refractivity (Wildman–Crippen MR) is 114 cm³/mol. The monoisotopic (exact) mass is 380 g/mol. The molecule has 4 nitrogen and oxygen atoms in total. The van der Waals surface area contributed by atoms with Crippen molar-refractivity contribution in [2.24, 2.45) is 0 Å². The summed E-state index contributed by atoms with van der Waals surface area (Å²) >= 11 is 0. The van der Waals surface area contributed by atoms with Crippen molar-refractivity contribution < 1.29 is 9.53 Å². The summed E-state index contributed by atoms with van der Waals surface area (Å²) < 4.78 is 5.48. The molecule has 150 valence electrons. The molecule has 1 N–H and O–H groups in total. The molecule has 1 heterocycles. The van der Waals surface area contributed by atoms with Gasteiger partial charge in [0.05, 0.1) is 18.7 Å². The van der Waals surface area contributed by atoms with E-state index < -0.39 is 0 Å². The molecule has 0 bridgehead atoms. The number of hydrogen-bond acceptors (Lipinski definition) is 3. The van der Waals surface area contributed by atoms with Crippen molar-refractivity contribution in [3.05, 3.63) is 65.2 Å². The number of carbonyl (C=O) groups is 1. The largest absolute Gasteiger partial charge is 0.496 e. The topological polar surface area (TPSA) is 41.6 Å². The third-order valence-corrected chi connectivity index (χ3v) is 6.26. The highest BCUT2D eigenvalue weighted by Crippen LogP contribution is 2.37. The fourth-order valence-electron chi connectivity index (χ4n) is 4.39. The minimum absolute atomic E-state index is 0.0809. The lowest BCUT2D eigenvalue weighted by molar-refractivity contribution is 0.0683. The van der Waals surface area contributed by atoms with Crippen molar-refractivity contribution >= 4 is 5.91 Å². The van der Waals surface area contributed by atoms with Gasteiger partial charge in [0.2, 0.25) is 0 Å². The Morgan fingerprint density at radius 3 is 2.43 bits per heavy atom. The van der Waals surface area contributed by atoms with Gasteiger partial charge in [-0.05, 0) is 63.4 Å². The van der Waals surface area contributed by atoms with E-state index in [2.05, 4.69) is 36.2 Å². The predicted octanol–water partition coefficient (Wildman–Crippen LogP) is 4.74. The van der Waals surface area contributed by atoms with E-state index >= 15 is 0 Å². The number of ether oxygens (including phenoxy) is 1. The molecule has 0 saturated carbocycles. The molecular weight excluding hydrogens is 348 g/mol. The molecule has 2 aromatic rings. The van der Waals surface area contributed by atoms with Gasteiger partial charge in [0, 0.05) is 5.54 Å². The lowest BCUT2D eigenvalue weighted by atomic mass is 9.82. The Morgan fingerprint density at radius 1 is 1.14 bits per heavy atom. The molecular formula is C24H32N2O2. The number of nitrogens with one attached hydrogen (secondary N) is 1. The van der Waals surface area contributed by atoms with E-state index in [-0.39, 0.29) is 17.5 Å². The summed E-state index contributed by atoms with van der Waals surface area (Å²) in [6, 6.07) is 16.0. The Bertz CT molecular complexity index is 800. The van der Waals surface area contributed by atoms with Gasteiger partial charge in [0.25, 0.3) is 5.91 Å². The molecule has 4 heteroatoms. The Hall–Kier alpha value is -2.33. The maximum Gasteiger partial charge on any atom is 0.255 e. The minimum atomic E-state index is -0.149.